The summed E-state index contributed by atoms with van der Waals surface area (Å²) in [5.41, 5.74) is 7.86. The summed E-state index contributed by atoms with van der Waals surface area (Å²) in [6, 6.07) is 7.82. The van der Waals surface area contributed by atoms with Gasteiger partial charge in [0, 0.05) is 18.8 Å². The highest BCUT2D eigenvalue weighted by atomic mass is 32.1. The molecular weight excluding hydrogens is 284 g/mol. The lowest BCUT2D eigenvalue weighted by molar-refractivity contribution is 0.0992. The van der Waals surface area contributed by atoms with Gasteiger partial charge in [-0.25, -0.2) is 4.98 Å². The van der Waals surface area contributed by atoms with Crippen molar-refractivity contribution >= 4 is 33.9 Å². The Hall–Kier alpha value is -2.08. The molecule has 3 N–H and O–H groups in total. The van der Waals surface area contributed by atoms with Gasteiger partial charge in [0.25, 0.3) is 5.91 Å². The Labute approximate surface area is 128 Å². The number of rotatable bonds is 5. The van der Waals surface area contributed by atoms with E-state index in [1.165, 1.54) is 11.3 Å². The van der Waals surface area contributed by atoms with E-state index in [0.29, 0.717) is 16.6 Å². The first-order valence-electron chi connectivity index (χ1n) is 6.96. The van der Waals surface area contributed by atoms with E-state index in [0.717, 1.165) is 17.8 Å². The van der Waals surface area contributed by atoms with Gasteiger partial charge in [0.05, 0.1) is 0 Å². The Bertz CT molecular complexity index is 638. The van der Waals surface area contributed by atoms with Crippen molar-refractivity contribution in [3.63, 3.8) is 0 Å². The average Bonchev–Trinajstić information content (AvgIpc) is 2.83. The quantitative estimate of drug-likeness (QED) is 0.890. The summed E-state index contributed by atoms with van der Waals surface area (Å²) < 4.78 is 0. The van der Waals surface area contributed by atoms with Crippen molar-refractivity contribution in [1.82, 2.24) is 4.98 Å². The molecule has 0 saturated carbocycles. The third-order valence-electron chi connectivity index (χ3n) is 3.14. The van der Waals surface area contributed by atoms with Crippen LogP contribution in [0.4, 0.5) is 16.6 Å². The lowest BCUT2D eigenvalue weighted by Gasteiger charge is -2.22. The van der Waals surface area contributed by atoms with Gasteiger partial charge in [0.15, 0.2) is 5.13 Å². The smallest absolute Gasteiger partial charge is 0.272 e. The Kier molecular flexibility index (Phi) is 4.80. The molecule has 6 heteroatoms. The van der Waals surface area contributed by atoms with Crippen molar-refractivity contribution in [2.45, 2.75) is 20.8 Å². The van der Waals surface area contributed by atoms with Crippen LogP contribution in [0.15, 0.2) is 24.3 Å². The molecule has 0 radical (unpaired) electrons. The van der Waals surface area contributed by atoms with E-state index in [1.54, 1.807) is 4.90 Å². The maximum absolute atomic E-state index is 12.8. The Morgan fingerprint density at radius 2 is 2.10 bits per heavy atom. The monoisotopic (exact) mass is 304 g/mol. The average molecular weight is 304 g/mol. The van der Waals surface area contributed by atoms with Crippen LogP contribution in [0.2, 0.25) is 0 Å². The van der Waals surface area contributed by atoms with Gasteiger partial charge in [-0.15, -0.1) is 0 Å². The number of aryl methyl sites for hydroxylation is 1. The fourth-order valence-electron chi connectivity index (χ4n) is 2.12. The van der Waals surface area contributed by atoms with Crippen LogP contribution in [-0.4, -0.2) is 24.0 Å². The van der Waals surface area contributed by atoms with Gasteiger partial charge in [-0.1, -0.05) is 29.5 Å². The molecule has 0 aliphatic rings. The standard InChI is InChI=1S/C15H20N4OS/c1-4-17-15-18-13(16)12(21-15)14(20)19(5-2)11-9-7-6-8-10(11)3/h6-9H,4-5,16H2,1-3H3,(H,17,18). The molecule has 1 aromatic carbocycles. The Morgan fingerprint density at radius 3 is 2.71 bits per heavy atom. The van der Waals surface area contributed by atoms with Crippen LogP contribution >= 0.6 is 11.3 Å². The minimum atomic E-state index is -0.106. The maximum Gasteiger partial charge on any atom is 0.272 e. The summed E-state index contributed by atoms with van der Waals surface area (Å²) in [5.74, 6) is 0.180. The summed E-state index contributed by atoms with van der Waals surface area (Å²) in [7, 11) is 0. The number of nitrogens with two attached hydrogens (primary N) is 1. The van der Waals surface area contributed by atoms with E-state index in [2.05, 4.69) is 10.3 Å². The zero-order valence-electron chi connectivity index (χ0n) is 12.5. The summed E-state index contributed by atoms with van der Waals surface area (Å²) in [6.07, 6.45) is 0. The van der Waals surface area contributed by atoms with Crippen molar-refractivity contribution in [2.75, 3.05) is 29.0 Å². The highest BCUT2D eigenvalue weighted by Crippen LogP contribution is 2.29. The molecule has 112 valence electrons. The largest absolute Gasteiger partial charge is 0.382 e. The van der Waals surface area contributed by atoms with Gasteiger partial charge >= 0.3 is 0 Å². The number of thiazole rings is 1. The predicted molar refractivity (Wildman–Crippen MR) is 89.2 cm³/mol. The van der Waals surface area contributed by atoms with E-state index in [9.17, 15) is 4.79 Å². The summed E-state index contributed by atoms with van der Waals surface area (Å²) in [6.45, 7) is 7.25. The Balaban J connectivity index is 2.35. The van der Waals surface area contributed by atoms with E-state index < -0.39 is 0 Å². The highest BCUT2D eigenvalue weighted by Gasteiger charge is 2.23. The molecule has 1 heterocycles. The fourth-order valence-corrected chi connectivity index (χ4v) is 3.03. The topological polar surface area (TPSA) is 71.2 Å². The van der Waals surface area contributed by atoms with Crippen molar-refractivity contribution in [3.8, 4) is 0 Å². The lowest BCUT2D eigenvalue weighted by Crippen LogP contribution is -2.31. The third-order valence-corrected chi connectivity index (χ3v) is 4.16. The first-order chi connectivity index (χ1) is 10.1. The van der Waals surface area contributed by atoms with E-state index in [4.69, 9.17) is 5.73 Å². The molecule has 5 nitrogen and oxygen atoms in total. The maximum atomic E-state index is 12.8. The zero-order chi connectivity index (χ0) is 15.4. The summed E-state index contributed by atoms with van der Waals surface area (Å²) >= 11 is 1.30. The van der Waals surface area contributed by atoms with Crippen LogP contribution in [0.1, 0.15) is 29.1 Å². The molecule has 21 heavy (non-hydrogen) atoms. The van der Waals surface area contributed by atoms with Gasteiger partial charge in [-0.2, -0.15) is 0 Å². The molecule has 0 atom stereocenters. The second-order valence-corrected chi connectivity index (χ2v) is 5.60. The molecule has 0 saturated heterocycles. The summed E-state index contributed by atoms with van der Waals surface area (Å²) in [4.78, 5) is 19.2. The number of para-hydroxylation sites is 1. The van der Waals surface area contributed by atoms with Gasteiger partial charge < -0.3 is 16.0 Å². The second-order valence-electron chi connectivity index (χ2n) is 4.60. The number of carbonyl (C=O) groups excluding carboxylic acids is 1. The number of carbonyl (C=O) groups is 1. The molecule has 0 bridgehead atoms. The molecule has 2 rings (SSSR count). The van der Waals surface area contributed by atoms with E-state index in [-0.39, 0.29) is 11.7 Å². The lowest BCUT2D eigenvalue weighted by atomic mass is 10.1. The first-order valence-corrected chi connectivity index (χ1v) is 7.77. The van der Waals surface area contributed by atoms with E-state index >= 15 is 0 Å². The SMILES string of the molecule is CCNc1nc(N)c(C(=O)N(CC)c2ccccc2C)s1. The molecule has 0 unspecified atom stereocenters. The molecule has 1 amide bonds. The first kappa shape index (κ1) is 15.3. The predicted octanol–water partition coefficient (Wildman–Crippen LogP) is 3.13. The van der Waals surface area contributed by atoms with Crippen LogP contribution in [0, 0.1) is 6.92 Å². The number of nitrogens with zero attached hydrogens (tertiary/aromatic N) is 2. The molecule has 0 aliphatic carbocycles. The number of anilines is 3. The second kappa shape index (κ2) is 6.58. The van der Waals surface area contributed by atoms with Crippen molar-refractivity contribution in [1.29, 1.82) is 0 Å². The number of benzene rings is 1. The number of nitrogen functional groups attached to an aromatic ring is 1. The number of aromatic nitrogens is 1. The molecular formula is C15H20N4OS. The number of nitrogens with one attached hydrogen (secondary N) is 1. The van der Waals surface area contributed by atoms with Crippen LogP contribution in [0.25, 0.3) is 0 Å². The number of amides is 1. The van der Waals surface area contributed by atoms with Crippen LogP contribution in [-0.2, 0) is 0 Å². The van der Waals surface area contributed by atoms with Gasteiger partial charge in [0.2, 0.25) is 0 Å². The highest BCUT2D eigenvalue weighted by molar-refractivity contribution is 7.18. The molecule has 2 aromatic rings. The normalized spacial score (nSPS) is 10.4. The molecule has 0 fully saturated rings. The minimum Gasteiger partial charge on any atom is -0.382 e. The van der Waals surface area contributed by atoms with Crippen molar-refractivity contribution < 1.29 is 4.79 Å². The van der Waals surface area contributed by atoms with Crippen molar-refractivity contribution in [2.24, 2.45) is 0 Å². The summed E-state index contributed by atoms with van der Waals surface area (Å²) in [5, 5.41) is 3.77. The van der Waals surface area contributed by atoms with Crippen LogP contribution < -0.4 is 16.0 Å². The minimum absolute atomic E-state index is 0.106. The van der Waals surface area contributed by atoms with Crippen molar-refractivity contribution in [3.05, 3.63) is 34.7 Å². The zero-order valence-corrected chi connectivity index (χ0v) is 13.3. The number of hydrogen-bond donors (Lipinski definition) is 2. The fraction of sp³-hybridized carbons (Fsp3) is 0.333. The molecule has 0 aliphatic heterocycles. The van der Waals surface area contributed by atoms with Gasteiger partial charge in [-0.3, -0.25) is 4.79 Å². The van der Waals surface area contributed by atoms with Crippen LogP contribution in [0.5, 0.6) is 0 Å². The Morgan fingerprint density at radius 1 is 1.38 bits per heavy atom. The van der Waals surface area contributed by atoms with Gasteiger partial charge in [0.1, 0.15) is 10.7 Å². The third kappa shape index (κ3) is 3.16. The number of hydrogen-bond acceptors (Lipinski definition) is 5. The van der Waals surface area contributed by atoms with Crippen LogP contribution in [0.3, 0.4) is 0 Å². The van der Waals surface area contributed by atoms with Gasteiger partial charge in [-0.05, 0) is 32.4 Å². The molecule has 0 spiro atoms. The van der Waals surface area contributed by atoms with E-state index in [1.807, 2.05) is 45.0 Å². The molecule has 1 aromatic heterocycles.